The first kappa shape index (κ1) is 14.5. The molecule has 1 amide bonds. The second-order valence-corrected chi connectivity index (χ2v) is 5.62. The van der Waals surface area contributed by atoms with Gasteiger partial charge in [-0.2, -0.15) is 5.10 Å². The Morgan fingerprint density at radius 3 is 2.86 bits per heavy atom. The van der Waals surface area contributed by atoms with E-state index in [-0.39, 0.29) is 18.0 Å². The number of fused-ring (bicyclic) bond motifs is 1. The number of hydrogen-bond donors (Lipinski definition) is 1. The average molecular weight is 361 g/mol. The van der Waals surface area contributed by atoms with E-state index in [2.05, 4.69) is 26.3 Å². The predicted octanol–water partition coefficient (Wildman–Crippen LogP) is 1.57. The summed E-state index contributed by atoms with van der Waals surface area (Å²) >= 11 is 3.43. The van der Waals surface area contributed by atoms with Gasteiger partial charge in [0.2, 0.25) is 5.91 Å². The predicted molar refractivity (Wildman–Crippen MR) is 85.4 cm³/mol. The van der Waals surface area contributed by atoms with Gasteiger partial charge in [0.1, 0.15) is 18.4 Å². The number of benzene rings is 1. The minimum Gasteiger partial charge on any atom is -0.350 e. The lowest BCUT2D eigenvalue weighted by Gasteiger charge is -2.08. The van der Waals surface area contributed by atoms with Crippen LogP contribution < -0.4 is 10.9 Å². The molecule has 2 heterocycles. The van der Waals surface area contributed by atoms with E-state index < -0.39 is 0 Å². The molecule has 0 bridgehead atoms. The van der Waals surface area contributed by atoms with Gasteiger partial charge in [-0.3, -0.25) is 9.59 Å². The molecule has 0 saturated carbocycles. The normalized spacial score (nSPS) is 10.8. The van der Waals surface area contributed by atoms with Crippen LogP contribution in [0.5, 0.6) is 0 Å². The van der Waals surface area contributed by atoms with Crippen molar-refractivity contribution in [3.63, 3.8) is 0 Å². The molecule has 0 aliphatic carbocycles. The molecule has 0 saturated heterocycles. The van der Waals surface area contributed by atoms with Gasteiger partial charge >= 0.3 is 0 Å². The first-order valence-corrected chi connectivity index (χ1v) is 7.47. The summed E-state index contributed by atoms with van der Waals surface area (Å²) in [5, 5.41) is 6.77. The van der Waals surface area contributed by atoms with Crippen LogP contribution in [0.1, 0.15) is 5.56 Å². The molecule has 3 rings (SSSR count). The van der Waals surface area contributed by atoms with Gasteiger partial charge in [-0.25, -0.2) is 4.68 Å². The van der Waals surface area contributed by atoms with Gasteiger partial charge in [0.05, 0.1) is 0 Å². The lowest BCUT2D eigenvalue weighted by Crippen LogP contribution is -2.33. The van der Waals surface area contributed by atoms with Crippen LogP contribution in [0.2, 0.25) is 0 Å². The third-order valence-electron chi connectivity index (χ3n) is 3.28. The Morgan fingerprint density at radius 2 is 2.05 bits per heavy atom. The zero-order valence-electron chi connectivity index (χ0n) is 11.6. The number of hydrogen-bond acceptors (Lipinski definition) is 3. The van der Waals surface area contributed by atoms with E-state index in [4.69, 9.17) is 0 Å². The average Bonchev–Trinajstić information content (AvgIpc) is 2.99. The summed E-state index contributed by atoms with van der Waals surface area (Å²) < 4.78 is 3.71. The van der Waals surface area contributed by atoms with Crippen molar-refractivity contribution < 1.29 is 4.79 Å². The second kappa shape index (κ2) is 6.15. The fourth-order valence-corrected chi connectivity index (χ4v) is 2.54. The second-order valence-electron chi connectivity index (χ2n) is 4.76. The highest BCUT2D eigenvalue weighted by atomic mass is 79.9. The molecule has 3 aromatic rings. The number of halogens is 1. The maximum Gasteiger partial charge on any atom is 0.291 e. The lowest BCUT2D eigenvalue weighted by atomic mass is 10.2. The summed E-state index contributed by atoms with van der Waals surface area (Å²) in [5.41, 5.74) is 1.18. The maximum absolute atomic E-state index is 12.1. The summed E-state index contributed by atoms with van der Waals surface area (Å²) in [6, 6.07) is 11.1. The number of carbonyl (C=O) groups is 1. The number of carbonyl (C=O) groups excluding carboxylic acids is 1. The van der Waals surface area contributed by atoms with Crippen LogP contribution in [0.3, 0.4) is 0 Å². The molecule has 1 aromatic carbocycles. The zero-order valence-corrected chi connectivity index (χ0v) is 13.2. The molecule has 2 aromatic heterocycles. The largest absolute Gasteiger partial charge is 0.350 e. The summed E-state index contributed by atoms with van der Waals surface area (Å²) in [7, 11) is 0. The van der Waals surface area contributed by atoms with Gasteiger partial charge in [0.25, 0.3) is 5.56 Å². The molecule has 0 fully saturated rings. The Balaban J connectivity index is 1.70. The summed E-state index contributed by atoms with van der Waals surface area (Å²) in [6.45, 7) is 0.285. The summed E-state index contributed by atoms with van der Waals surface area (Å²) in [6.07, 6.45) is 3.25. The van der Waals surface area contributed by atoms with Crippen molar-refractivity contribution in [1.29, 1.82) is 0 Å². The van der Waals surface area contributed by atoms with E-state index in [1.165, 1.54) is 6.33 Å². The van der Waals surface area contributed by atoms with Gasteiger partial charge in [-0.1, -0.05) is 34.1 Å². The smallest absolute Gasteiger partial charge is 0.291 e. The third kappa shape index (κ3) is 2.94. The lowest BCUT2D eigenvalue weighted by molar-refractivity contribution is -0.122. The molecule has 0 radical (unpaired) electrons. The number of nitrogens with zero attached hydrogens (tertiary/aromatic N) is 3. The molecule has 0 aliphatic heterocycles. The van der Waals surface area contributed by atoms with Crippen LogP contribution in [0.15, 0.2) is 58.2 Å². The highest BCUT2D eigenvalue weighted by molar-refractivity contribution is 9.10. The molecule has 22 heavy (non-hydrogen) atoms. The topological polar surface area (TPSA) is 68.4 Å². The summed E-state index contributed by atoms with van der Waals surface area (Å²) in [4.78, 5) is 24.1. The van der Waals surface area contributed by atoms with Gasteiger partial charge < -0.3 is 9.72 Å². The molecule has 1 N–H and O–H groups in total. The van der Waals surface area contributed by atoms with Crippen LogP contribution in [0, 0.1) is 0 Å². The Kier molecular flexibility index (Phi) is 4.06. The first-order chi connectivity index (χ1) is 10.6. The van der Waals surface area contributed by atoms with Crippen LogP contribution in [-0.2, 0) is 17.9 Å². The van der Waals surface area contributed by atoms with Crippen molar-refractivity contribution in [3.8, 4) is 0 Å². The van der Waals surface area contributed by atoms with Crippen molar-refractivity contribution in [2.75, 3.05) is 0 Å². The number of aromatic nitrogens is 3. The van der Waals surface area contributed by atoms with Crippen molar-refractivity contribution >= 4 is 27.4 Å². The Labute approximate surface area is 134 Å². The highest BCUT2D eigenvalue weighted by Crippen LogP contribution is 2.15. The van der Waals surface area contributed by atoms with Gasteiger partial charge in [0, 0.05) is 17.2 Å². The Bertz CT molecular complexity index is 884. The van der Waals surface area contributed by atoms with Gasteiger partial charge in [0.15, 0.2) is 0 Å². The van der Waals surface area contributed by atoms with Crippen LogP contribution in [0.25, 0.3) is 5.52 Å². The quantitative estimate of drug-likeness (QED) is 0.767. The zero-order chi connectivity index (χ0) is 15.5. The van der Waals surface area contributed by atoms with E-state index in [0.717, 1.165) is 14.7 Å². The van der Waals surface area contributed by atoms with Gasteiger partial charge in [-0.15, -0.1) is 0 Å². The SMILES string of the molecule is O=C(Cn1ncn2cccc2c1=O)NCc1ccccc1Br. The number of rotatable bonds is 4. The standard InChI is InChI=1S/C15H13BrN4O2/c16-12-5-2-1-4-11(12)8-17-14(21)9-20-15(22)13-6-3-7-19(13)10-18-20/h1-7,10H,8-9H2,(H,17,21). The number of amides is 1. The molecule has 6 nitrogen and oxygen atoms in total. The molecular formula is C15H13BrN4O2. The molecule has 0 spiro atoms. The van der Waals surface area contributed by atoms with Crippen LogP contribution in [0.4, 0.5) is 0 Å². The van der Waals surface area contributed by atoms with Crippen molar-refractivity contribution in [3.05, 3.63) is 69.3 Å². The molecular weight excluding hydrogens is 348 g/mol. The summed E-state index contributed by atoms with van der Waals surface area (Å²) in [5.74, 6) is -0.263. The minimum absolute atomic E-state index is 0.106. The number of nitrogens with one attached hydrogen (secondary N) is 1. The monoisotopic (exact) mass is 360 g/mol. The fraction of sp³-hybridized carbons (Fsp3) is 0.133. The van der Waals surface area contributed by atoms with E-state index >= 15 is 0 Å². The molecule has 0 aliphatic rings. The molecule has 7 heteroatoms. The maximum atomic E-state index is 12.1. The van der Waals surface area contributed by atoms with Crippen molar-refractivity contribution in [2.24, 2.45) is 0 Å². The van der Waals surface area contributed by atoms with Gasteiger partial charge in [-0.05, 0) is 23.8 Å². The first-order valence-electron chi connectivity index (χ1n) is 6.68. The van der Waals surface area contributed by atoms with E-state index in [0.29, 0.717) is 12.1 Å². The Hall–Kier alpha value is -2.41. The van der Waals surface area contributed by atoms with E-state index in [1.807, 2.05) is 24.3 Å². The molecule has 112 valence electrons. The van der Waals surface area contributed by atoms with Crippen molar-refractivity contribution in [1.82, 2.24) is 19.5 Å². The van der Waals surface area contributed by atoms with E-state index in [1.54, 1.807) is 22.7 Å². The third-order valence-corrected chi connectivity index (χ3v) is 4.05. The van der Waals surface area contributed by atoms with Crippen LogP contribution in [-0.4, -0.2) is 20.1 Å². The minimum atomic E-state index is -0.288. The molecule has 0 atom stereocenters. The van der Waals surface area contributed by atoms with Crippen molar-refractivity contribution in [2.45, 2.75) is 13.1 Å². The van der Waals surface area contributed by atoms with Crippen LogP contribution >= 0.6 is 15.9 Å². The highest BCUT2D eigenvalue weighted by Gasteiger charge is 2.09. The van der Waals surface area contributed by atoms with E-state index in [9.17, 15) is 9.59 Å². The molecule has 0 unspecified atom stereocenters. The Morgan fingerprint density at radius 1 is 1.23 bits per heavy atom. The fourth-order valence-electron chi connectivity index (χ4n) is 2.12.